The van der Waals surface area contributed by atoms with Gasteiger partial charge in [-0.25, -0.2) is 4.39 Å². The lowest BCUT2D eigenvalue weighted by molar-refractivity contribution is -0.137. The molecule has 1 saturated carbocycles. The highest BCUT2D eigenvalue weighted by Gasteiger charge is 2.46. The van der Waals surface area contributed by atoms with E-state index >= 15 is 0 Å². The molecule has 35 heavy (non-hydrogen) atoms. The van der Waals surface area contributed by atoms with Crippen LogP contribution in [0.5, 0.6) is 0 Å². The Morgan fingerprint density at radius 3 is 2.49 bits per heavy atom. The van der Waals surface area contributed by atoms with Crippen LogP contribution in [0, 0.1) is 30.5 Å². The van der Waals surface area contributed by atoms with Crippen molar-refractivity contribution in [1.29, 1.82) is 0 Å². The van der Waals surface area contributed by atoms with Crippen molar-refractivity contribution in [2.75, 3.05) is 25.0 Å². The molecule has 2 bridgehead atoms. The molecule has 0 spiro atoms. The third-order valence-corrected chi connectivity index (χ3v) is 8.47. The molecule has 4 fully saturated rings. The molecule has 188 valence electrons. The van der Waals surface area contributed by atoms with Crippen molar-refractivity contribution in [2.45, 2.75) is 63.5 Å². The second-order valence-corrected chi connectivity index (χ2v) is 10.9. The van der Waals surface area contributed by atoms with E-state index in [2.05, 4.69) is 20.4 Å². The van der Waals surface area contributed by atoms with E-state index < -0.39 is 17.6 Å². The van der Waals surface area contributed by atoms with Crippen LogP contribution < -0.4 is 5.32 Å². The van der Waals surface area contributed by atoms with Crippen molar-refractivity contribution in [3.05, 3.63) is 41.2 Å². The van der Waals surface area contributed by atoms with E-state index in [-0.39, 0.29) is 17.6 Å². The summed E-state index contributed by atoms with van der Waals surface area (Å²) in [4.78, 5) is 2.54. The number of alkyl halides is 3. The van der Waals surface area contributed by atoms with Crippen LogP contribution in [0.25, 0.3) is 11.3 Å². The van der Waals surface area contributed by atoms with Gasteiger partial charge in [-0.3, -0.25) is 0 Å². The number of rotatable bonds is 5. The van der Waals surface area contributed by atoms with Gasteiger partial charge in [0.1, 0.15) is 11.4 Å². The summed E-state index contributed by atoms with van der Waals surface area (Å²) < 4.78 is 61.5. The Morgan fingerprint density at radius 1 is 1.06 bits per heavy atom. The van der Waals surface area contributed by atoms with Crippen LogP contribution in [-0.4, -0.2) is 53.0 Å². The maximum atomic E-state index is 13.9. The summed E-state index contributed by atoms with van der Waals surface area (Å²) in [6.45, 7) is 4.80. The molecule has 4 aliphatic rings. The molecule has 1 aliphatic carbocycles. The number of nitrogens with one attached hydrogen (secondary N) is 1. The molecule has 0 amide bonds. The summed E-state index contributed by atoms with van der Waals surface area (Å²) in [6.07, 6.45) is 1.51. The van der Waals surface area contributed by atoms with Crippen LogP contribution in [0.1, 0.15) is 43.2 Å². The molecule has 6 atom stereocenters. The lowest BCUT2D eigenvalue weighted by Gasteiger charge is -2.26. The van der Waals surface area contributed by atoms with Gasteiger partial charge in [-0.15, -0.1) is 10.2 Å². The van der Waals surface area contributed by atoms with Crippen LogP contribution in [0.15, 0.2) is 24.3 Å². The lowest BCUT2D eigenvalue weighted by atomic mass is 9.89. The maximum Gasteiger partial charge on any atom is 0.420 e. The maximum absolute atomic E-state index is 13.9. The fourth-order valence-corrected chi connectivity index (χ4v) is 6.84. The van der Waals surface area contributed by atoms with Crippen molar-refractivity contribution in [1.82, 2.24) is 15.1 Å². The molecule has 4 heterocycles. The van der Waals surface area contributed by atoms with Crippen LogP contribution in [0.3, 0.4) is 0 Å². The SMILES string of the molecule is Cc1ccc(F)cc1-c1cc(C(F)(F)F)c(N[C@H]2C[C@@H]3CN(C[C@@H]4CC5CCC4O5)C[C@@H]3C2)nn1. The molecular weight excluding hydrogens is 460 g/mol. The molecular formula is C26H30F4N4O. The van der Waals surface area contributed by atoms with Gasteiger partial charge in [0, 0.05) is 37.2 Å². The van der Waals surface area contributed by atoms with Crippen LogP contribution >= 0.6 is 0 Å². The number of halogens is 4. The number of fused-ring (bicyclic) bond motifs is 3. The predicted molar refractivity (Wildman–Crippen MR) is 123 cm³/mol. The molecule has 9 heteroatoms. The molecule has 5 nitrogen and oxygen atoms in total. The van der Waals surface area contributed by atoms with E-state index in [1.807, 2.05) is 0 Å². The molecule has 1 aromatic carbocycles. The monoisotopic (exact) mass is 490 g/mol. The summed E-state index contributed by atoms with van der Waals surface area (Å²) in [6, 6.07) is 4.91. The predicted octanol–water partition coefficient (Wildman–Crippen LogP) is 5.30. The first-order chi connectivity index (χ1) is 16.7. The summed E-state index contributed by atoms with van der Waals surface area (Å²) in [5, 5.41) is 11.0. The van der Waals surface area contributed by atoms with Crippen molar-refractivity contribution in [3.63, 3.8) is 0 Å². The lowest BCUT2D eigenvalue weighted by Crippen LogP contribution is -2.34. The van der Waals surface area contributed by atoms with Gasteiger partial charge in [-0.2, -0.15) is 13.2 Å². The van der Waals surface area contributed by atoms with Gasteiger partial charge in [-0.1, -0.05) is 6.07 Å². The van der Waals surface area contributed by atoms with Gasteiger partial charge in [-0.05, 0) is 74.6 Å². The van der Waals surface area contributed by atoms with Crippen molar-refractivity contribution < 1.29 is 22.3 Å². The van der Waals surface area contributed by atoms with Gasteiger partial charge in [0.05, 0.1) is 17.9 Å². The third kappa shape index (κ3) is 4.53. The fraction of sp³-hybridized carbons (Fsp3) is 0.615. The molecule has 2 aromatic rings. The third-order valence-electron chi connectivity index (χ3n) is 8.47. The number of benzene rings is 1. The Kier molecular flexibility index (Phi) is 5.75. The standard InChI is InChI=1S/C26H30F4N4O/c1-14-2-3-18(27)9-21(14)23-10-22(26(28,29)30)25(33-32-23)31-19-6-15-11-34(12-16(15)7-19)13-17-8-20-4-5-24(17)35-20/h2-3,9-10,15-17,19-20,24H,4-8,11-13H2,1H3,(H,31,33)/t15-,16+,17-,19+,20?,24?/m0/s1. The Morgan fingerprint density at radius 2 is 1.83 bits per heavy atom. The molecule has 1 aromatic heterocycles. The molecule has 1 N–H and O–H groups in total. The minimum atomic E-state index is -4.59. The smallest absolute Gasteiger partial charge is 0.375 e. The average Bonchev–Trinajstić information content (AvgIpc) is 3.57. The van der Waals surface area contributed by atoms with Gasteiger partial charge in [0.2, 0.25) is 0 Å². The summed E-state index contributed by atoms with van der Waals surface area (Å²) in [5.74, 6) is 0.845. The number of aryl methyl sites for hydroxylation is 1. The van der Waals surface area contributed by atoms with E-state index in [1.54, 1.807) is 6.92 Å². The van der Waals surface area contributed by atoms with Crippen molar-refractivity contribution in [3.8, 4) is 11.3 Å². The second-order valence-electron chi connectivity index (χ2n) is 10.9. The molecule has 3 saturated heterocycles. The Hall–Kier alpha value is -2.26. The normalized spacial score (nSPS) is 32.4. The number of aromatic nitrogens is 2. The topological polar surface area (TPSA) is 50.3 Å². The minimum absolute atomic E-state index is 0.0170. The highest BCUT2D eigenvalue weighted by Crippen LogP contribution is 2.44. The Labute approximate surface area is 202 Å². The highest BCUT2D eigenvalue weighted by molar-refractivity contribution is 5.65. The number of likely N-dealkylation sites (tertiary alicyclic amines) is 1. The Balaban J connectivity index is 1.13. The van der Waals surface area contributed by atoms with Gasteiger partial charge in [0.15, 0.2) is 5.82 Å². The van der Waals surface area contributed by atoms with E-state index in [1.165, 1.54) is 37.5 Å². The fourth-order valence-electron chi connectivity index (χ4n) is 6.84. The zero-order chi connectivity index (χ0) is 24.3. The van der Waals surface area contributed by atoms with E-state index in [4.69, 9.17) is 4.74 Å². The van der Waals surface area contributed by atoms with Crippen LogP contribution in [-0.2, 0) is 10.9 Å². The summed E-state index contributed by atoms with van der Waals surface area (Å²) >= 11 is 0. The number of hydrogen-bond donors (Lipinski definition) is 1. The van der Waals surface area contributed by atoms with E-state index in [9.17, 15) is 17.6 Å². The summed E-state index contributed by atoms with van der Waals surface area (Å²) in [7, 11) is 0. The zero-order valence-electron chi connectivity index (χ0n) is 19.7. The highest BCUT2D eigenvalue weighted by atomic mass is 19.4. The first-order valence-corrected chi connectivity index (χ1v) is 12.6. The second kappa shape index (κ2) is 8.69. The van der Waals surface area contributed by atoms with Crippen molar-refractivity contribution >= 4 is 5.82 Å². The van der Waals surface area contributed by atoms with Gasteiger partial charge < -0.3 is 15.0 Å². The number of hydrogen-bond acceptors (Lipinski definition) is 5. The van der Waals surface area contributed by atoms with Gasteiger partial charge >= 0.3 is 6.18 Å². The quantitative estimate of drug-likeness (QED) is 0.577. The first kappa shape index (κ1) is 23.2. The molecule has 3 aliphatic heterocycles. The zero-order valence-corrected chi connectivity index (χ0v) is 19.7. The van der Waals surface area contributed by atoms with E-state index in [0.717, 1.165) is 38.5 Å². The van der Waals surface area contributed by atoms with E-state index in [0.29, 0.717) is 41.1 Å². The van der Waals surface area contributed by atoms with Gasteiger partial charge in [0.25, 0.3) is 0 Å². The first-order valence-electron chi connectivity index (χ1n) is 12.6. The van der Waals surface area contributed by atoms with Crippen molar-refractivity contribution in [2.24, 2.45) is 17.8 Å². The Bertz CT molecular complexity index is 1100. The summed E-state index contributed by atoms with van der Waals surface area (Å²) in [5.41, 5.74) is 0.107. The number of nitrogens with zero attached hydrogens (tertiary/aromatic N) is 3. The molecule has 0 radical (unpaired) electrons. The van der Waals surface area contributed by atoms with Crippen LogP contribution in [0.2, 0.25) is 0 Å². The number of ether oxygens (including phenoxy) is 1. The molecule has 6 rings (SSSR count). The molecule has 2 unspecified atom stereocenters. The minimum Gasteiger partial charge on any atom is -0.375 e. The number of anilines is 1. The largest absolute Gasteiger partial charge is 0.420 e. The average molecular weight is 491 g/mol. The van der Waals surface area contributed by atoms with Crippen LogP contribution in [0.4, 0.5) is 23.4 Å².